The first-order valence-corrected chi connectivity index (χ1v) is 8.88. The smallest absolute Gasteiger partial charge is 0.240 e. The summed E-state index contributed by atoms with van der Waals surface area (Å²) in [7, 11) is -3.46. The first kappa shape index (κ1) is 18.1. The third-order valence-electron chi connectivity index (χ3n) is 3.09. The summed E-state index contributed by atoms with van der Waals surface area (Å²) in [5.74, 6) is 0. The molecule has 2 N–H and O–H groups in total. The Bertz CT molecular complexity index is 500. The van der Waals surface area contributed by atoms with E-state index in [1.807, 2.05) is 26.0 Å². The number of benzene rings is 1. The summed E-state index contributed by atoms with van der Waals surface area (Å²) in [5, 5.41) is 3.24. The lowest BCUT2D eigenvalue weighted by Gasteiger charge is -2.13. The van der Waals surface area contributed by atoms with Gasteiger partial charge in [0.15, 0.2) is 0 Å². The number of hydrogen-bond donors (Lipinski definition) is 2. The molecule has 0 heterocycles. The summed E-state index contributed by atoms with van der Waals surface area (Å²) in [5.41, 5.74) is 1.12. The van der Waals surface area contributed by atoms with Crippen LogP contribution in [0.5, 0.6) is 0 Å². The number of nitrogens with one attached hydrogen (secondary N) is 2. The lowest BCUT2D eigenvalue weighted by molar-refractivity contribution is 0.0799. The van der Waals surface area contributed by atoms with Gasteiger partial charge in [-0.2, -0.15) is 0 Å². The topological polar surface area (TPSA) is 67.4 Å². The van der Waals surface area contributed by atoms with Gasteiger partial charge in [-0.3, -0.25) is 0 Å². The van der Waals surface area contributed by atoms with Gasteiger partial charge in [0.1, 0.15) is 0 Å². The zero-order chi connectivity index (χ0) is 15.7. The molecular formula is C15H26N2O3S. The molecule has 0 saturated carbocycles. The van der Waals surface area contributed by atoms with Crippen molar-refractivity contribution in [3.63, 3.8) is 0 Å². The molecule has 0 aliphatic carbocycles. The van der Waals surface area contributed by atoms with E-state index in [-0.39, 0.29) is 12.6 Å². The zero-order valence-electron chi connectivity index (χ0n) is 13.1. The molecule has 0 amide bonds. The van der Waals surface area contributed by atoms with E-state index in [0.29, 0.717) is 11.5 Å². The Hall–Kier alpha value is -0.950. The molecule has 1 aromatic rings. The molecule has 1 unspecified atom stereocenters. The molecule has 0 aromatic heterocycles. The van der Waals surface area contributed by atoms with Gasteiger partial charge >= 0.3 is 0 Å². The second kappa shape index (κ2) is 9.15. The molecule has 1 aromatic carbocycles. The molecule has 1 rings (SSSR count). The third kappa shape index (κ3) is 6.56. The Morgan fingerprint density at radius 1 is 1.19 bits per heavy atom. The van der Waals surface area contributed by atoms with Crippen molar-refractivity contribution in [3.8, 4) is 0 Å². The maximum absolute atomic E-state index is 12.1. The minimum Gasteiger partial charge on any atom is -0.377 e. The number of ether oxygens (including phenoxy) is 1. The van der Waals surface area contributed by atoms with Crippen molar-refractivity contribution in [2.24, 2.45) is 0 Å². The van der Waals surface area contributed by atoms with Gasteiger partial charge in [0.05, 0.1) is 11.0 Å². The summed E-state index contributed by atoms with van der Waals surface area (Å²) in [4.78, 5) is 0.290. The molecule has 0 radical (unpaired) electrons. The summed E-state index contributed by atoms with van der Waals surface area (Å²) < 4.78 is 32.1. The number of likely N-dealkylation sites (N-methyl/N-ethyl adjacent to an activating group) is 1. The molecule has 0 bridgehead atoms. The van der Waals surface area contributed by atoms with Crippen LogP contribution in [0.1, 0.15) is 26.3 Å². The van der Waals surface area contributed by atoms with Crippen molar-refractivity contribution in [2.75, 3.05) is 26.2 Å². The van der Waals surface area contributed by atoms with E-state index in [2.05, 4.69) is 17.0 Å². The second-order valence-corrected chi connectivity index (χ2v) is 6.63. The van der Waals surface area contributed by atoms with Crippen LogP contribution < -0.4 is 10.0 Å². The summed E-state index contributed by atoms with van der Waals surface area (Å²) >= 11 is 0. The third-order valence-corrected chi connectivity index (χ3v) is 4.53. The van der Waals surface area contributed by atoms with E-state index in [0.717, 1.165) is 25.1 Å². The molecule has 0 saturated heterocycles. The Labute approximate surface area is 128 Å². The van der Waals surface area contributed by atoms with Gasteiger partial charge in [0.25, 0.3) is 0 Å². The lowest BCUT2D eigenvalue weighted by Crippen LogP contribution is -2.32. The first-order valence-electron chi connectivity index (χ1n) is 7.40. The van der Waals surface area contributed by atoms with Gasteiger partial charge in [-0.1, -0.05) is 19.1 Å². The molecule has 0 fully saturated rings. The standard InChI is InChI=1S/C15H26N2O3S/c1-4-16-11-10-14-6-8-15(9-7-14)21(18,19)17-12-13(3)20-5-2/h6-9,13,16-17H,4-5,10-12H2,1-3H3. The molecule has 5 nitrogen and oxygen atoms in total. The van der Waals surface area contributed by atoms with E-state index >= 15 is 0 Å². The molecular weight excluding hydrogens is 288 g/mol. The van der Waals surface area contributed by atoms with E-state index in [1.165, 1.54) is 0 Å². The number of rotatable bonds is 10. The highest BCUT2D eigenvalue weighted by molar-refractivity contribution is 7.89. The number of sulfonamides is 1. The second-order valence-electron chi connectivity index (χ2n) is 4.87. The zero-order valence-corrected chi connectivity index (χ0v) is 13.9. The molecule has 0 aliphatic rings. The van der Waals surface area contributed by atoms with E-state index in [9.17, 15) is 8.42 Å². The van der Waals surface area contributed by atoms with Crippen molar-refractivity contribution >= 4 is 10.0 Å². The van der Waals surface area contributed by atoms with Crippen LogP contribution in [0.15, 0.2) is 29.2 Å². The van der Waals surface area contributed by atoms with Gasteiger partial charge in [0.2, 0.25) is 10.0 Å². The van der Waals surface area contributed by atoms with Gasteiger partial charge in [0, 0.05) is 13.2 Å². The highest BCUT2D eigenvalue weighted by Crippen LogP contribution is 2.11. The van der Waals surface area contributed by atoms with Crippen molar-refractivity contribution in [1.29, 1.82) is 0 Å². The van der Waals surface area contributed by atoms with Crippen molar-refractivity contribution in [1.82, 2.24) is 10.0 Å². The lowest BCUT2D eigenvalue weighted by atomic mass is 10.1. The van der Waals surface area contributed by atoms with Crippen LogP contribution in [-0.4, -0.2) is 40.8 Å². The van der Waals surface area contributed by atoms with Crippen LogP contribution in [0.4, 0.5) is 0 Å². The van der Waals surface area contributed by atoms with E-state index in [4.69, 9.17) is 4.74 Å². The monoisotopic (exact) mass is 314 g/mol. The maximum Gasteiger partial charge on any atom is 0.240 e. The molecule has 6 heteroatoms. The fourth-order valence-corrected chi connectivity index (χ4v) is 3.01. The summed E-state index contributed by atoms with van der Waals surface area (Å²) in [6.07, 6.45) is 0.757. The highest BCUT2D eigenvalue weighted by atomic mass is 32.2. The van der Waals surface area contributed by atoms with Gasteiger partial charge in [-0.25, -0.2) is 13.1 Å². The summed E-state index contributed by atoms with van der Waals surface area (Å²) in [6.45, 7) is 8.47. The van der Waals surface area contributed by atoms with Gasteiger partial charge in [-0.05, 0) is 51.1 Å². The average molecular weight is 314 g/mol. The highest BCUT2D eigenvalue weighted by Gasteiger charge is 2.14. The molecule has 1 atom stereocenters. The minimum absolute atomic E-state index is 0.135. The quantitative estimate of drug-likeness (QED) is 0.643. The Kier molecular flexibility index (Phi) is 7.88. The Morgan fingerprint density at radius 2 is 1.86 bits per heavy atom. The van der Waals surface area contributed by atoms with Crippen LogP contribution in [0, 0.1) is 0 Å². The normalized spacial score (nSPS) is 13.3. The maximum atomic E-state index is 12.1. The largest absolute Gasteiger partial charge is 0.377 e. The van der Waals surface area contributed by atoms with Crippen LogP contribution in [0.25, 0.3) is 0 Å². The number of hydrogen-bond acceptors (Lipinski definition) is 4. The minimum atomic E-state index is -3.46. The van der Waals surface area contributed by atoms with Gasteiger partial charge < -0.3 is 10.1 Å². The molecule has 0 aliphatic heterocycles. The van der Waals surface area contributed by atoms with Crippen molar-refractivity contribution in [2.45, 2.75) is 38.2 Å². The van der Waals surface area contributed by atoms with Crippen molar-refractivity contribution < 1.29 is 13.2 Å². The summed E-state index contributed by atoms with van der Waals surface area (Å²) in [6, 6.07) is 7.01. The first-order chi connectivity index (χ1) is 9.99. The molecule has 21 heavy (non-hydrogen) atoms. The Balaban J connectivity index is 2.58. The Morgan fingerprint density at radius 3 is 2.43 bits per heavy atom. The van der Waals surface area contributed by atoms with Crippen LogP contribution in [0.3, 0.4) is 0 Å². The van der Waals surface area contributed by atoms with Crippen LogP contribution in [0.2, 0.25) is 0 Å². The average Bonchev–Trinajstić information content (AvgIpc) is 2.46. The van der Waals surface area contributed by atoms with Crippen molar-refractivity contribution in [3.05, 3.63) is 29.8 Å². The molecule has 120 valence electrons. The van der Waals surface area contributed by atoms with Gasteiger partial charge in [-0.15, -0.1) is 0 Å². The molecule has 0 spiro atoms. The van der Waals surface area contributed by atoms with E-state index in [1.54, 1.807) is 12.1 Å². The predicted octanol–water partition coefficient (Wildman–Crippen LogP) is 1.54. The van der Waals surface area contributed by atoms with Crippen LogP contribution in [-0.2, 0) is 21.2 Å². The SMILES string of the molecule is CCNCCc1ccc(S(=O)(=O)NCC(C)OCC)cc1. The fraction of sp³-hybridized carbons (Fsp3) is 0.600. The van der Waals surface area contributed by atoms with E-state index < -0.39 is 10.0 Å². The predicted molar refractivity (Wildman–Crippen MR) is 85.0 cm³/mol. The van der Waals surface area contributed by atoms with Crippen LogP contribution >= 0.6 is 0 Å². The fourth-order valence-electron chi connectivity index (χ4n) is 1.90.